The lowest BCUT2D eigenvalue weighted by Crippen LogP contribution is -2.36. The number of aromatic nitrogens is 2. The van der Waals surface area contributed by atoms with E-state index in [9.17, 15) is 4.79 Å². The molecule has 28 heavy (non-hydrogen) atoms. The van der Waals surface area contributed by atoms with Crippen molar-refractivity contribution in [2.45, 2.75) is 44.7 Å². The Morgan fingerprint density at radius 1 is 1.21 bits per heavy atom. The van der Waals surface area contributed by atoms with Gasteiger partial charge in [-0.3, -0.25) is 4.79 Å². The van der Waals surface area contributed by atoms with Gasteiger partial charge in [-0.25, -0.2) is 9.97 Å². The summed E-state index contributed by atoms with van der Waals surface area (Å²) in [5.74, 6) is 0.842. The molecule has 0 aliphatic heterocycles. The van der Waals surface area contributed by atoms with Gasteiger partial charge in [-0.15, -0.1) is 11.3 Å². The fraction of sp³-hybridized carbons (Fsp3) is 0.476. The summed E-state index contributed by atoms with van der Waals surface area (Å²) in [6.07, 6.45) is 6.31. The lowest BCUT2D eigenvalue weighted by Gasteiger charge is -2.33. The third-order valence-corrected chi connectivity index (χ3v) is 6.71. The van der Waals surface area contributed by atoms with Crippen LogP contribution in [0.2, 0.25) is 0 Å². The molecule has 1 aliphatic carbocycles. The summed E-state index contributed by atoms with van der Waals surface area (Å²) in [6, 6.07) is 6.96. The van der Waals surface area contributed by atoms with Crippen molar-refractivity contribution in [2.24, 2.45) is 0 Å². The normalized spacial score (nSPS) is 20.0. The predicted molar refractivity (Wildman–Crippen MR) is 116 cm³/mol. The zero-order chi connectivity index (χ0) is 19.7. The van der Waals surface area contributed by atoms with E-state index >= 15 is 0 Å². The number of carbonyl (C=O) groups excluding carboxylic acids is 1. The van der Waals surface area contributed by atoms with Crippen molar-refractivity contribution in [1.29, 1.82) is 0 Å². The molecule has 0 radical (unpaired) electrons. The molecule has 1 aromatic carbocycles. The standard InChI is InChI=1S/C21H27N5OS/c1-4-22-20(27)13-5-10-17-16(11-13)18-19(23-12-24-21(18)28-17)25-14-6-8-15(9-7-14)26(2)3/h5,10-12,14-15H,4,6-9H2,1-3H3,(H,22,27)(H,23,24,25)/t14-,15-. The van der Waals surface area contributed by atoms with Gasteiger partial charge < -0.3 is 15.5 Å². The molecule has 1 aliphatic rings. The minimum Gasteiger partial charge on any atom is -0.367 e. The Bertz CT molecular complexity index is 991. The summed E-state index contributed by atoms with van der Waals surface area (Å²) < 4.78 is 1.13. The highest BCUT2D eigenvalue weighted by Crippen LogP contribution is 2.37. The first-order chi connectivity index (χ1) is 13.6. The molecule has 7 heteroatoms. The van der Waals surface area contributed by atoms with E-state index in [1.54, 1.807) is 17.7 Å². The highest BCUT2D eigenvalue weighted by Gasteiger charge is 2.23. The number of hydrogen-bond donors (Lipinski definition) is 2. The van der Waals surface area contributed by atoms with Crippen molar-refractivity contribution >= 4 is 43.4 Å². The fourth-order valence-corrected chi connectivity index (χ4v) is 5.08. The number of benzene rings is 1. The van der Waals surface area contributed by atoms with E-state index < -0.39 is 0 Å². The summed E-state index contributed by atoms with van der Waals surface area (Å²) in [5, 5.41) is 8.63. The van der Waals surface area contributed by atoms with Gasteiger partial charge in [0, 0.05) is 34.3 Å². The average Bonchev–Trinajstić information content (AvgIpc) is 3.07. The van der Waals surface area contributed by atoms with Crippen molar-refractivity contribution in [2.75, 3.05) is 26.0 Å². The molecule has 6 nitrogen and oxygen atoms in total. The highest BCUT2D eigenvalue weighted by molar-refractivity contribution is 7.25. The van der Waals surface area contributed by atoms with Crippen LogP contribution in [-0.2, 0) is 0 Å². The summed E-state index contributed by atoms with van der Waals surface area (Å²) in [4.78, 5) is 24.6. The van der Waals surface area contributed by atoms with Gasteiger partial charge in [0.1, 0.15) is 17.0 Å². The highest BCUT2D eigenvalue weighted by atomic mass is 32.1. The lowest BCUT2D eigenvalue weighted by molar-refractivity contribution is 0.0956. The van der Waals surface area contributed by atoms with Gasteiger partial charge in [-0.2, -0.15) is 0 Å². The van der Waals surface area contributed by atoms with Gasteiger partial charge in [0.05, 0.1) is 5.39 Å². The first-order valence-electron chi connectivity index (χ1n) is 9.95. The number of nitrogens with zero attached hydrogens (tertiary/aromatic N) is 3. The number of fused-ring (bicyclic) bond motifs is 3. The predicted octanol–water partition coefficient (Wildman–Crippen LogP) is 3.88. The van der Waals surface area contributed by atoms with Gasteiger partial charge in [0.2, 0.25) is 0 Å². The van der Waals surface area contributed by atoms with Gasteiger partial charge in [0.25, 0.3) is 5.91 Å². The zero-order valence-corrected chi connectivity index (χ0v) is 17.5. The Hall–Kier alpha value is -2.25. The van der Waals surface area contributed by atoms with E-state index in [1.165, 1.54) is 12.8 Å². The molecular weight excluding hydrogens is 370 g/mol. The van der Waals surface area contributed by atoms with Gasteiger partial charge in [-0.1, -0.05) is 0 Å². The van der Waals surface area contributed by atoms with E-state index in [-0.39, 0.29) is 5.91 Å². The van der Waals surface area contributed by atoms with Crippen LogP contribution in [0.25, 0.3) is 20.3 Å². The molecule has 0 unspecified atom stereocenters. The fourth-order valence-electron chi connectivity index (χ4n) is 4.05. The number of carbonyl (C=O) groups is 1. The maximum atomic E-state index is 12.3. The van der Waals surface area contributed by atoms with E-state index in [2.05, 4.69) is 39.6 Å². The van der Waals surface area contributed by atoms with Crippen LogP contribution in [-0.4, -0.2) is 53.5 Å². The van der Waals surface area contributed by atoms with Crippen LogP contribution >= 0.6 is 11.3 Å². The summed E-state index contributed by atoms with van der Waals surface area (Å²) in [7, 11) is 4.33. The van der Waals surface area contributed by atoms with Crippen LogP contribution in [0.5, 0.6) is 0 Å². The second-order valence-electron chi connectivity index (χ2n) is 7.69. The van der Waals surface area contributed by atoms with Crippen molar-refractivity contribution in [3.8, 4) is 0 Å². The Labute approximate surface area is 169 Å². The maximum absolute atomic E-state index is 12.3. The molecular formula is C21H27N5OS. The molecule has 0 atom stereocenters. The van der Waals surface area contributed by atoms with Gasteiger partial charge in [0.15, 0.2) is 0 Å². The molecule has 0 bridgehead atoms. The monoisotopic (exact) mass is 397 g/mol. The van der Waals surface area contributed by atoms with Gasteiger partial charge in [-0.05, 0) is 64.9 Å². The largest absolute Gasteiger partial charge is 0.367 e. The minimum atomic E-state index is -0.0443. The summed E-state index contributed by atoms with van der Waals surface area (Å²) in [5.41, 5.74) is 0.676. The molecule has 1 saturated carbocycles. The van der Waals surface area contributed by atoms with Crippen molar-refractivity contribution < 1.29 is 4.79 Å². The Kier molecular flexibility index (Phi) is 5.46. The van der Waals surface area contributed by atoms with E-state index in [4.69, 9.17) is 0 Å². The average molecular weight is 398 g/mol. The SMILES string of the molecule is CCNC(=O)c1ccc2sc3ncnc(N[C@H]4CC[C@H](N(C)C)CC4)c3c2c1. The van der Waals surface area contributed by atoms with E-state index in [0.29, 0.717) is 24.2 Å². The second-order valence-corrected chi connectivity index (χ2v) is 8.72. The first kappa shape index (κ1) is 19.1. The third-order valence-electron chi connectivity index (χ3n) is 5.64. The summed E-state index contributed by atoms with van der Waals surface area (Å²) in [6.45, 7) is 2.55. The topological polar surface area (TPSA) is 70.1 Å². The number of nitrogens with one attached hydrogen (secondary N) is 2. The number of rotatable bonds is 5. The third kappa shape index (κ3) is 3.69. The Morgan fingerprint density at radius 2 is 2.00 bits per heavy atom. The van der Waals surface area contributed by atoms with Crippen LogP contribution < -0.4 is 10.6 Å². The first-order valence-corrected chi connectivity index (χ1v) is 10.8. The number of thiophene rings is 1. The van der Waals surface area contributed by atoms with Crippen molar-refractivity contribution in [1.82, 2.24) is 20.2 Å². The van der Waals surface area contributed by atoms with Crippen LogP contribution in [0.1, 0.15) is 43.0 Å². The molecule has 3 aromatic rings. The Balaban J connectivity index is 1.66. The van der Waals surface area contributed by atoms with E-state index in [0.717, 1.165) is 39.0 Å². The molecule has 148 valence electrons. The molecule has 1 amide bonds. The minimum absolute atomic E-state index is 0.0443. The molecule has 2 N–H and O–H groups in total. The van der Waals surface area contributed by atoms with Crippen LogP contribution in [0.4, 0.5) is 5.82 Å². The molecule has 2 heterocycles. The van der Waals surface area contributed by atoms with Crippen molar-refractivity contribution in [3.05, 3.63) is 30.1 Å². The second kappa shape index (κ2) is 8.01. The Morgan fingerprint density at radius 3 is 2.71 bits per heavy atom. The maximum Gasteiger partial charge on any atom is 0.251 e. The van der Waals surface area contributed by atoms with Gasteiger partial charge >= 0.3 is 0 Å². The quantitative estimate of drug-likeness (QED) is 0.684. The van der Waals surface area contributed by atoms with Crippen LogP contribution in [0.15, 0.2) is 24.5 Å². The number of hydrogen-bond acceptors (Lipinski definition) is 6. The van der Waals surface area contributed by atoms with Crippen LogP contribution in [0, 0.1) is 0 Å². The molecule has 4 rings (SSSR count). The lowest BCUT2D eigenvalue weighted by atomic mass is 9.90. The molecule has 0 spiro atoms. The molecule has 1 fully saturated rings. The smallest absolute Gasteiger partial charge is 0.251 e. The van der Waals surface area contributed by atoms with Crippen molar-refractivity contribution in [3.63, 3.8) is 0 Å². The zero-order valence-electron chi connectivity index (χ0n) is 16.7. The number of anilines is 1. The molecule has 0 saturated heterocycles. The summed E-state index contributed by atoms with van der Waals surface area (Å²) >= 11 is 1.65. The van der Waals surface area contributed by atoms with E-state index in [1.807, 2.05) is 25.1 Å². The van der Waals surface area contributed by atoms with Crippen LogP contribution in [0.3, 0.4) is 0 Å². The number of amides is 1. The molecule has 2 aromatic heterocycles.